The van der Waals surface area contributed by atoms with Crippen molar-refractivity contribution in [3.8, 4) is 11.5 Å². The molecule has 3 rings (SSSR count). The van der Waals surface area contributed by atoms with E-state index in [-0.39, 0.29) is 5.41 Å². The third kappa shape index (κ3) is 4.45. The van der Waals surface area contributed by atoms with E-state index in [1.807, 2.05) is 36.4 Å². The lowest BCUT2D eigenvalue weighted by Crippen LogP contribution is -2.21. The second kappa shape index (κ2) is 7.32. The minimum atomic E-state index is 0.118. The van der Waals surface area contributed by atoms with Gasteiger partial charge in [0.25, 0.3) is 0 Å². The van der Waals surface area contributed by atoms with Gasteiger partial charge in [-0.1, -0.05) is 12.1 Å². The molecule has 1 aromatic carbocycles. The fraction of sp³-hybridized carbons (Fsp3) is 0.389. The highest BCUT2D eigenvalue weighted by Gasteiger charge is 2.44. The van der Waals surface area contributed by atoms with Crippen LogP contribution in [0.3, 0.4) is 0 Å². The smallest absolute Gasteiger partial charge is 0.152 e. The maximum atomic E-state index is 5.98. The van der Waals surface area contributed by atoms with Gasteiger partial charge in [0.2, 0.25) is 0 Å². The Balaban J connectivity index is 1.53. The summed E-state index contributed by atoms with van der Waals surface area (Å²) in [5.74, 6) is 1.66. The summed E-state index contributed by atoms with van der Waals surface area (Å²) in [7, 11) is 1.70. The number of nitrogens with zero attached hydrogens (tertiary/aromatic N) is 1. The third-order valence-corrected chi connectivity index (χ3v) is 4.57. The van der Waals surface area contributed by atoms with Gasteiger partial charge in [-0.2, -0.15) is 0 Å². The molecular formula is C18H20BrNO3. The fourth-order valence-electron chi connectivity index (χ4n) is 2.35. The van der Waals surface area contributed by atoms with E-state index in [1.54, 1.807) is 13.3 Å². The number of pyridine rings is 1. The molecule has 2 aromatic rings. The van der Waals surface area contributed by atoms with Crippen LogP contribution in [0, 0.1) is 5.41 Å². The SMILES string of the molecule is COCc1cccc(OCC2(COc3cccnc3Br)CC2)c1. The number of methoxy groups -OCH3 is 1. The van der Waals surface area contributed by atoms with Gasteiger partial charge in [0.05, 0.1) is 19.8 Å². The first-order valence-corrected chi connectivity index (χ1v) is 8.44. The van der Waals surface area contributed by atoms with E-state index in [9.17, 15) is 0 Å². The lowest BCUT2D eigenvalue weighted by Gasteiger charge is -2.18. The number of halogens is 1. The van der Waals surface area contributed by atoms with Gasteiger partial charge in [-0.3, -0.25) is 0 Å². The minimum Gasteiger partial charge on any atom is -0.493 e. The molecule has 23 heavy (non-hydrogen) atoms. The van der Waals surface area contributed by atoms with Gasteiger partial charge in [-0.25, -0.2) is 4.98 Å². The Morgan fingerprint density at radius 3 is 2.70 bits per heavy atom. The van der Waals surface area contributed by atoms with Crippen LogP contribution in [0.2, 0.25) is 0 Å². The number of hydrogen-bond acceptors (Lipinski definition) is 4. The van der Waals surface area contributed by atoms with Gasteiger partial charge in [0.15, 0.2) is 5.75 Å². The quantitative estimate of drug-likeness (QED) is 0.645. The van der Waals surface area contributed by atoms with Crippen LogP contribution in [0.1, 0.15) is 18.4 Å². The maximum Gasteiger partial charge on any atom is 0.152 e. The molecule has 1 aromatic heterocycles. The Morgan fingerprint density at radius 2 is 1.96 bits per heavy atom. The number of hydrogen-bond donors (Lipinski definition) is 0. The predicted molar refractivity (Wildman–Crippen MR) is 91.7 cm³/mol. The van der Waals surface area contributed by atoms with Crippen molar-refractivity contribution >= 4 is 15.9 Å². The van der Waals surface area contributed by atoms with E-state index >= 15 is 0 Å². The molecule has 122 valence electrons. The number of aromatic nitrogens is 1. The first-order valence-electron chi connectivity index (χ1n) is 7.65. The summed E-state index contributed by atoms with van der Waals surface area (Å²) in [5.41, 5.74) is 1.23. The lowest BCUT2D eigenvalue weighted by molar-refractivity contribution is 0.158. The second-order valence-corrected chi connectivity index (χ2v) is 6.70. The van der Waals surface area contributed by atoms with E-state index in [1.165, 1.54) is 0 Å². The van der Waals surface area contributed by atoms with Gasteiger partial charge in [0.1, 0.15) is 10.4 Å². The molecule has 5 heteroatoms. The largest absolute Gasteiger partial charge is 0.493 e. The van der Waals surface area contributed by atoms with E-state index in [0.717, 1.165) is 34.5 Å². The Kier molecular flexibility index (Phi) is 5.18. The highest BCUT2D eigenvalue weighted by Crippen LogP contribution is 2.46. The molecule has 0 saturated heterocycles. The molecule has 1 aliphatic rings. The maximum absolute atomic E-state index is 5.98. The molecule has 1 fully saturated rings. The molecule has 4 nitrogen and oxygen atoms in total. The van der Waals surface area contributed by atoms with Crippen molar-refractivity contribution in [2.45, 2.75) is 19.4 Å². The van der Waals surface area contributed by atoms with Crippen molar-refractivity contribution in [2.75, 3.05) is 20.3 Å². The van der Waals surface area contributed by atoms with E-state index < -0.39 is 0 Å². The molecule has 0 atom stereocenters. The molecule has 1 aliphatic carbocycles. The lowest BCUT2D eigenvalue weighted by atomic mass is 10.1. The van der Waals surface area contributed by atoms with Gasteiger partial charge < -0.3 is 14.2 Å². The summed E-state index contributed by atoms with van der Waals surface area (Å²) < 4.78 is 17.8. The van der Waals surface area contributed by atoms with Crippen molar-refractivity contribution in [1.82, 2.24) is 4.98 Å². The average Bonchev–Trinajstić information content (AvgIpc) is 3.34. The zero-order valence-electron chi connectivity index (χ0n) is 13.1. The molecule has 0 radical (unpaired) electrons. The van der Waals surface area contributed by atoms with Crippen LogP contribution >= 0.6 is 15.9 Å². The minimum absolute atomic E-state index is 0.118. The Hall–Kier alpha value is -1.59. The zero-order valence-corrected chi connectivity index (χ0v) is 14.7. The summed E-state index contributed by atoms with van der Waals surface area (Å²) in [4.78, 5) is 4.17. The van der Waals surface area contributed by atoms with Crippen molar-refractivity contribution < 1.29 is 14.2 Å². The first kappa shape index (κ1) is 16.3. The van der Waals surface area contributed by atoms with E-state index in [4.69, 9.17) is 14.2 Å². The van der Waals surface area contributed by atoms with Gasteiger partial charge in [-0.15, -0.1) is 0 Å². The second-order valence-electron chi connectivity index (χ2n) is 5.95. The molecule has 0 unspecified atom stereocenters. The number of ether oxygens (including phenoxy) is 3. The van der Waals surface area contributed by atoms with Crippen LogP contribution < -0.4 is 9.47 Å². The summed E-state index contributed by atoms with van der Waals surface area (Å²) in [6.45, 7) is 1.91. The van der Waals surface area contributed by atoms with Crippen LogP contribution in [-0.2, 0) is 11.3 Å². The van der Waals surface area contributed by atoms with Crippen molar-refractivity contribution in [3.63, 3.8) is 0 Å². The molecule has 0 N–H and O–H groups in total. The first-order chi connectivity index (χ1) is 11.2. The fourth-order valence-corrected chi connectivity index (χ4v) is 2.71. The van der Waals surface area contributed by atoms with Crippen molar-refractivity contribution in [3.05, 3.63) is 52.8 Å². The molecule has 1 saturated carbocycles. The predicted octanol–water partition coefficient (Wildman–Crippen LogP) is 4.23. The Bertz CT molecular complexity index is 658. The zero-order chi connectivity index (χ0) is 16.1. The van der Waals surface area contributed by atoms with E-state index in [2.05, 4.69) is 20.9 Å². The van der Waals surface area contributed by atoms with Crippen molar-refractivity contribution in [2.24, 2.45) is 5.41 Å². The summed E-state index contributed by atoms with van der Waals surface area (Å²) >= 11 is 3.40. The highest BCUT2D eigenvalue weighted by molar-refractivity contribution is 9.10. The average molecular weight is 378 g/mol. The Morgan fingerprint density at radius 1 is 1.13 bits per heavy atom. The number of benzene rings is 1. The monoisotopic (exact) mass is 377 g/mol. The third-order valence-electron chi connectivity index (χ3n) is 3.97. The van der Waals surface area contributed by atoms with Crippen molar-refractivity contribution in [1.29, 1.82) is 0 Å². The summed E-state index contributed by atoms with van der Waals surface area (Å²) in [5, 5.41) is 0. The van der Waals surface area contributed by atoms with Crippen LogP contribution in [-0.4, -0.2) is 25.3 Å². The topological polar surface area (TPSA) is 40.6 Å². The molecule has 0 amide bonds. The highest BCUT2D eigenvalue weighted by atomic mass is 79.9. The van der Waals surface area contributed by atoms with Crippen LogP contribution in [0.15, 0.2) is 47.2 Å². The summed E-state index contributed by atoms with van der Waals surface area (Å²) in [6.07, 6.45) is 3.99. The summed E-state index contributed by atoms with van der Waals surface area (Å²) in [6, 6.07) is 11.8. The van der Waals surface area contributed by atoms with Gasteiger partial charge >= 0.3 is 0 Å². The molecule has 0 spiro atoms. The normalized spacial score (nSPS) is 15.2. The van der Waals surface area contributed by atoms with Crippen LogP contribution in [0.25, 0.3) is 0 Å². The van der Waals surface area contributed by atoms with Gasteiger partial charge in [-0.05, 0) is 58.6 Å². The standard InChI is InChI=1S/C18H20BrNO3/c1-21-11-14-4-2-5-15(10-14)22-12-18(7-8-18)13-23-16-6-3-9-20-17(16)19/h2-6,9-10H,7-8,11-13H2,1H3. The number of rotatable bonds is 8. The molecule has 0 bridgehead atoms. The van der Waals surface area contributed by atoms with Crippen LogP contribution in [0.4, 0.5) is 0 Å². The van der Waals surface area contributed by atoms with Gasteiger partial charge in [0, 0.05) is 18.7 Å². The molecule has 0 aliphatic heterocycles. The Labute approximate surface area is 144 Å². The van der Waals surface area contributed by atoms with E-state index in [0.29, 0.717) is 19.8 Å². The van der Waals surface area contributed by atoms with Crippen LogP contribution in [0.5, 0.6) is 11.5 Å². The molecule has 1 heterocycles. The molecular weight excluding hydrogens is 358 g/mol.